The van der Waals surface area contributed by atoms with E-state index < -0.39 is 0 Å². The summed E-state index contributed by atoms with van der Waals surface area (Å²) in [5.41, 5.74) is 5.10. The number of aryl methyl sites for hydroxylation is 1. The minimum Gasteiger partial charge on any atom is -0.379 e. The number of hydrogen-bond acceptors (Lipinski definition) is 4. The first-order valence-corrected chi connectivity index (χ1v) is 12.5. The van der Waals surface area contributed by atoms with Gasteiger partial charge in [-0.05, 0) is 62.7 Å². The topological polar surface area (TPSA) is 45.6 Å². The summed E-state index contributed by atoms with van der Waals surface area (Å²) >= 11 is 5.80. The number of nitrogens with zero attached hydrogens (tertiary/aromatic N) is 4. The van der Waals surface area contributed by atoms with Gasteiger partial charge in [0, 0.05) is 50.3 Å². The zero-order valence-electron chi connectivity index (χ0n) is 19.7. The molecule has 0 unspecified atom stereocenters. The molecule has 4 rings (SSSR count). The number of nitrogens with one attached hydrogen (secondary N) is 1. The second kappa shape index (κ2) is 10.8. The van der Waals surface area contributed by atoms with Crippen LogP contribution in [0.4, 0.5) is 0 Å². The fraction of sp³-hybridized carbons (Fsp3) is 0.600. The summed E-state index contributed by atoms with van der Waals surface area (Å²) in [5.74, 6) is 0. The molecule has 2 saturated heterocycles. The van der Waals surface area contributed by atoms with E-state index >= 15 is 0 Å². The van der Waals surface area contributed by atoms with Crippen LogP contribution < -0.4 is 5.32 Å². The molecule has 0 radical (unpaired) electrons. The zero-order chi connectivity index (χ0) is 22.5. The van der Waals surface area contributed by atoms with Crippen molar-refractivity contribution in [2.24, 2.45) is 0 Å². The summed E-state index contributed by atoms with van der Waals surface area (Å²) in [4.78, 5) is 9.58. The number of ether oxygens (including phenoxy) is 1. The summed E-state index contributed by atoms with van der Waals surface area (Å²) in [6.07, 6.45) is 5.31. The molecule has 2 aromatic heterocycles. The minimum absolute atomic E-state index is 0.0721. The van der Waals surface area contributed by atoms with E-state index in [4.69, 9.17) is 17.0 Å². The van der Waals surface area contributed by atoms with Gasteiger partial charge in [-0.3, -0.25) is 9.88 Å². The van der Waals surface area contributed by atoms with Crippen LogP contribution in [0.15, 0.2) is 30.5 Å². The van der Waals surface area contributed by atoms with Crippen LogP contribution in [0.2, 0.25) is 0 Å². The summed E-state index contributed by atoms with van der Waals surface area (Å²) in [7, 11) is 0. The molecule has 174 valence electrons. The Balaban J connectivity index is 1.56. The fourth-order valence-corrected chi connectivity index (χ4v) is 5.39. The van der Waals surface area contributed by atoms with E-state index in [1.807, 2.05) is 12.3 Å². The molecule has 2 atom stereocenters. The highest BCUT2D eigenvalue weighted by atomic mass is 32.1. The van der Waals surface area contributed by atoms with E-state index in [2.05, 4.69) is 63.6 Å². The molecule has 0 saturated carbocycles. The van der Waals surface area contributed by atoms with Crippen LogP contribution in [-0.2, 0) is 11.3 Å². The van der Waals surface area contributed by atoms with Gasteiger partial charge in [0.15, 0.2) is 5.11 Å². The predicted octanol–water partition coefficient (Wildman–Crippen LogP) is 3.99. The van der Waals surface area contributed by atoms with Crippen LogP contribution in [0.1, 0.15) is 60.9 Å². The van der Waals surface area contributed by atoms with Crippen LogP contribution in [-0.4, -0.2) is 63.9 Å². The summed E-state index contributed by atoms with van der Waals surface area (Å²) < 4.78 is 7.97. The average molecular weight is 456 g/mol. The zero-order valence-corrected chi connectivity index (χ0v) is 20.5. The highest BCUT2D eigenvalue weighted by Crippen LogP contribution is 2.40. The molecule has 32 heavy (non-hydrogen) atoms. The van der Waals surface area contributed by atoms with Gasteiger partial charge in [-0.25, -0.2) is 0 Å². The van der Waals surface area contributed by atoms with Crippen molar-refractivity contribution < 1.29 is 4.74 Å². The van der Waals surface area contributed by atoms with E-state index in [9.17, 15) is 0 Å². The van der Waals surface area contributed by atoms with E-state index in [0.29, 0.717) is 0 Å². The number of morpholine rings is 1. The Hall–Kier alpha value is -1.96. The Bertz CT molecular complexity index is 893. The Labute approximate surface area is 197 Å². The molecule has 0 amide bonds. The van der Waals surface area contributed by atoms with Gasteiger partial charge in [0.25, 0.3) is 0 Å². The number of rotatable bonds is 9. The van der Waals surface area contributed by atoms with Crippen molar-refractivity contribution in [2.45, 2.75) is 58.7 Å². The van der Waals surface area contributed by atoms with Crippen molar-refractivity contribution in [2.75, 3.05) is 39.4 Å². The van der Waals surface area contributed by atoms with Crippen LogP contribution in [0.3, 0.4) is 0 Å². The molecule has 2 aromatic rings. The first-order valence-electron chi connectivity index (χ1n) is 12.0. The normalized spacial score (nSPS) is 21.8. The SMILES string of the molecule is CCCCN1C(=S)N[C@@H](c2ccccn2)[C@H]1c1cc(C)n(CCCN2CCOCC2)c1C. The lowest BCUT2D eigenvalue weighted by atomic mass is 9.96. The van der Waals surface area contributed by atoms with Gasteiger partial charge >= 0.3 is 0 Å². The second-order valence-corrected chi connectivity index (χ2v) is 9.35. The Morgan fingerprint density at radius 3 is 2.66 bits per heavy atom. The fourth-order valence-electron chi connectivity index (χ4n) is 5.06. The first-order chi connectivity index (χ1) is 15.6. The quantitative estimate of drug-likeness (QED) is 0.577. The molecular formula is C25H37N5OS. The van der Waals surface area contributed by atoms with Crippen LogP contribution in [0.5, 0.6) is 0 Å². The van der Waals surface area contributed by atoms with Crippen molar-refractivity contribution in [3.05, 3.63) is 53.1 Å². The number of hydrogen-bond donors (Lipinski definition) is 1. The maximum atomic E-state index is 5.80. The maximum Gasteiger partial charge on any atom is 0.170 e. The third-order valence-electron chi connectivity index (χ3n) is 6.84. The van der Waals surface area contributed by atoms with Gasteiger partial charge in [0.1, 0.15) is 0 Å². The van der Waals surface area contributed by atoms with Gasteiger partial charge in [0.2, 0.25) is 0 Å². The van der Waals surface area contributed by atoms with E-state index in [1.54, 1.807) is 0 Å². The van der Waals surface area contributed by atoms with Gasteiger partial charge in [-0.2, -0.15) is 0 Å². The molecule has 0 aliphatic carbocycles. The van der Waals surface area contributed by atoms with E-state index in [1.165, 1.54) is 17.0 Å². The van der Waals surface area contributed by atoms with E-state index in [-0.39, 0.29) is 12.1 Å². The summed E-state index contributed by atoms with van der Waals surface area (Å²) in [6, 6.07) is 8.76. The van der Waals surface area contributed by atoms with Crippen molar-refractivity contribution in [3.63, 3.8) is 0 Å². The highest BCUT2D eigenvalue weighted by molar-refractivity contribution is 7.80. The Kier molecular flexibility index (Phi) is 7.81. The number of pyridine rings is 1. The lowest BCUT2D eigenvalue weighted by Crippen LogP contribution is -2.37. The largest absolute Gasteiger partial charge is 0.379 e. The molecule has 6 nitrogen and oxygen atoms in total. The molecule has 7 heteroatoms. The maximum absolute atomic E-state index is 5.80. The van der Waals surface area contributed by atoms with Crippen molar-refractivity contribution >= 4 is 17.3 Å². The molecule has 4 heterocycles. The van der Waals surface area contributed by atoms with Crippen LogP contribution in [0, 0.1) is 13.8 Å². The van der Waals surface area contributed by atoms with Gasteiger partial charge in [-0.15, -0.1) is 0 Å². The number of thiocarbonyl (C=S) groups is 1. The molecular weight excluding hydrogens is 418 g/mol. The minimum atomic E-state index is 0.0721. The molecule has 0 bridgehead atoms. The van der Waals surface area contributed by atoms with Crippen molar-refractivity contribution in [3.8, 4) is 0 Å². The predicted molar refractivity (Wildman–Crippen MR) is 133 cm³/mol. The highest BCUT2D eigenvalue weighted by Gasteiger charge is 2.40. The molecule has 0 aromatic carbocycles. The summed E-state index contributed by atoms with van der Waals surface area (Å²) in [6.45, 7) is 13.7. The second-order valence-electron chi connectivity index (χ2n) is 8.96. The van der Waals surface area contributed by atoms with Gasteiger partial charge in [0.05, 0.1) is 31.0 Å². The number of aromatic nitrogens is 2. The molecule has 0 spiro atoms. The lowest BCUT2D eigenvalue weighted by Gasteiger charge is -2.28. The molecule has 2 aliphatic heterocycles. The Morgan fingerprint density at radius 2 is 1.94 bits per heavy atom. The monoisotopic (exact) mass is 455 g/mol. The van der Waals surface area contributed by atoms with Gasteiger partial charge in [-0.1, -0.05) is 19.4 Å². The third kappa shape index (κ3) is 5.00. The first kappa shape index (κ1) is 23.2. The molecule has 1 N–H and O–H groups in total. The summed E-state index contributed by atoms with van der Waals surface area (Å²) in [5, 5.41) is 4.43. The van der Waals surface area contributed by atoms with Crippen molar-refractivity contribution in [1.29, 1.82) is 0 Å². The molecule has 2 aliphatic rings. The van der Waals surface area contributed by atoms with Crippen molar-refractivity contribution in [1.82, 2.24) is 24.7 Å². The third-order valence-corrected chi connectivity index (χ3v) is 7.19. The van der Waals surface area contributed by atoms with Crippen LogP contribution in [0.25, 0.3) is 0 Å². The number of unbranched alkanes of at least 4 members (excludes halogenated alkanes) is 1. The Morgan fingerprint density at radius 1 is 1.12 bits per heavy atom. The standard InChI is InChI=1S/C25H37N5OS/c1-4-5-12-30-24(23(27-25(30)32)22-9-6-7-10-26-22)21-18-19(2)29(20(21)3)13-8-11-28-14-16-31-17-15-28/h6-7,9-10,18,23-24H,4-5,8,11-17H2,1-3H3,(H,27,32)/t23-,24+/m0/s1. The molecule has 2 fully saturated rings. The smallest absolute Gasteiger partial charge is 0.170 e. The van der Waals surface area contributed by atoms with Gasteiger partial charge < -0.3 is 19.5 Å². The van der Waals surface area contributed by atoms with Crippen LogP contribution >= 0.6 is 12.2 Å². The lowest BCUT2D eigenvalue weighted by molar-refractivity contribution is 0.0369. The van der Waals surface area contributed by atoms with E-state index in [0.717, 1.165) is 76.0 Å². The average Bonchev–Trinajstić information content (AvgIpc) is 3.29.